The lowest BCUT2D eigenvalue weighted by Gasteiger charge is -2.36. The van der Waals surface area contributed by atoms with E-state index in [2.05, 4.69) is 45.4 Å². The molecular formula is C37H41N11O6S. The van der Waals surface area contributed by atoms with Crippen molar-refractivity contribution in [1.82, 2.24) is 44.6 Å². The molecule has 0 aliphatic carbocycles. The van der Waals surface area contributed by atoms with Crippen molar-refractivity contribution < 1.29 is 27.5 Å². The zero-order valence-electron chi connectivity index (χ0n) is 30.4. The standard InChI is InChI=1S/C37H41N11O6S/c1-3-54-33-28(25-20-38-39-21-25)10-12-48-34(33)43-37(44-48)41-30-7-5-27(18-23(30)2)55(52,53)40-11-13-45-14-16-46(17-15-45)26-4-6-29-24(19-26)22-47(36(29)51)31-8-9-32(49)42-35(31)50/h4-7,10,12,18-21,31,40H,3,8-9,11,13-17,22H2,1-2H3,(H,38,39)(H,41,44)(H,42,49,50). The van der Waals surface area contributed by atoms with Crippen LogP contribution in [0.4, 0.5) is 17.3 Å². The van der Waals surface area contributed by atoms with Crippen molar-refractivity contribution in [1.29, 1.82) is 0 Å². The third-order valence-electron chi connectivity index (χ3n) is 10.3. The first-order chi connectivity index (χ1) is 26.6. The molecule has 6 heterocycles. The molecule has 0 spiro atoms. The van der Waals surface area contributed by atoms with Crippen LogP contribution in [0, 0.1) is 6.92 Å². The average Bonchev–Trinajstić information content (AvgIpc) is 3.92. The van der Waals surface area contributed by atoms with Crippen molar-refractivity contribution in [3.8, 4) is 16.9 Å². The summed E-state index contributed by atoms with van der Waals surface area (Å²) in [4.78, 5) is 47.9. The number of carbonyl (C=O) groups is 3. The fraction of sp³-hybridized carbons (Fsp3) is 0.351. The number of hydrogen-bond donors (Lipinski definition) is 4. The molecule has 17 nitrogen and oxygen atoms in total. The minimum absolute atomic E-state index is 0.165. The van der Waals surface area contributed by atoms with Crippen molar-refractivity contribution in [2.75, 3.05) is 56.1 Å². The smallest absolute Gasteiger partial charge is 0.255 e. The van der Waals surface area contributed by atoms with Crippen LogP contribution in [0.2, 0.25) is 0 Å². The van der Waals surface area contributed by atoms with Gasteiger partial charge >= 0.3 is 0 Å². The van der Waals surface area contributed by atoms with Gasteiger partial charge in [-0.05, 0) is 73.9 Å². The number of amides is 3. The van der Waals surface area contributed by atoms with Crippen molar-refractivity contribution in [2.45, 2.75) is 44.2 Å². The SMILES string of the molecule is CCOc1c(-c2cn[nH]c2)ccn2nc(Nc3ccc(S(=O)(=O)NCCN4CCN(c5ccc6c(c5)CN(C5CCC(=O)NC5=O)C6=O)CC4)cc3C)nc12. The van der Waals surface area contributed by atoms with Crippen molar-refractivity contribution in [3.05, 3.63) is 77.7 Å². The van der Waals surface area contributed by atoms with Crippen molar-refractivity contribution in [3.63, 3.8) is 0 Å². The highest BCUT2D eigenvalue weighted by atomic mass is 32.2. The Bertz CT molecular complexity index is 2390. The number of piperidine rings is 1. The van der Waals surface area contributed by atoms with Gasteiger partial charge in [-0.25, -0.2) is 17.7 Å². The van der Waals surface area contributed by atoms with E-state index in [1.54, 1.807) is 46.2 Å². The summed E-state index contributed by atoms with van der Waals surface area (Å²) in [5.74, 6) is -0.00299. The van der Waals surface area contributed by atoms with E-state index in [1.807, 2.05) is 38.1 Å². The molecular weight excluding hydrogens is 727 g/mol. The summed E-state index contributed by atoms with van der Waals surface area (Å²) in [6, 6.07) is 11.9. The molecule has 18 heteroatoms. The van der Waals surface area contributed by atoms with Gasteiger partial charge in [-0.1, -0.05) is 0 Å². The minimum Gasteiger partial charge on any atom is -0.489 e. The van der Waals surface area contributed by atoms with Crippen LogP contribution in [0.5, 0.6) is 5.75 Å². The number of piperazine rings is 1. The number of aryl methyl sites for hydroxylation is 1. The molecule has 2 aromatic carbocycles. The van der Waals surface area contributed by atoms with Crippen LogP contribution in [0.3, 0.4) is 0 Å². The molecule has 8 rings (SSSR count). The summed E-state index contributed by atoms with van der Waals surface area (Å²) < 4.78 is 36.9. The number of nitrogens with zero attached hydrogens (tertiary/aromatic N) is 7. The molecule has 1 atom stereocenters. The number of rotatable bonds is 12. The van der Waals surface area contributed by atoms with Crippen LogP contribution in [-0.4, -0.2) is 113 Å². The molecule has 3 amide bonds. The molecule has 2 saturated heterocycles. The second-order valence-electron chi connectivity index (χ2n) is 13.8. The normalized spacial score (nSPS) is 17.9. The van der Waals surface area contributed by atoms with E-state index in [9.17, 15) is 22.8 Å². The van der Waals surface area contributed by atoms with Crippen LogP contribution >= 0.6 is 0 Å². The van der Waals surface area contributed by atoms with Gasteiger partial charge in [0.1, 0.15) is 6.04 Å². The summed E-state index contributed by atoms with van der Waals surface area (Å²) in [7, 11) is -3.76. The fourth-order valence-electron chi connectivity index (χ4n) is 7.36. The van der Waals surface area contributed by atoms with Crippen molar-refractivity contribution >= 4 is 50.7 Å². The lowest BCUT2D eigenvalue weighted by atomic mass is 10.0. The van der Waals surface area contributed by atoms with E-state index >= 15 is 0 Å². The fourth-order valence-corrected chi connectivity index (χ4v) is 8.47. The summed E-state index contributed by atoms with van der Waals surface area (Å²) >= 11 is 0. The van der Waals surface area contributed by atoms with Crippen LogP contribution < -0.4 is 25.0 Å². The lowest BCUT2D eigenvalue weighted by molar-refractivity contribution is -0.136. The van der Waals surface area contributed by atoms with Gasteiger partial charge in [-0.2, -0.15) is 10.1 Å². The zero-order valence-corrected chi connectivity index (χ0v) is 31.2. The van der Waals surface area contributed by atoms with Gasteiger partial charge in [0.15, 0.2) is 11.4 Å². The molecule has 0 bridgehead atoms. The van der Waals surface area contributed by atoms with Crippen LogP contribution in [0.15, 0.2) is 66.0 Å². The number of H-pyrrole nitrogens is 1. The van der Waals surface area contributed by atoms with E-state index in [-0.39, 0.29) is 29.7 Å². The molecule has 2 fully saturated rings. The van der Waals surface area contributed by atoms with Gasteiger partial charge < -0.3 is 19.9 Å². The molecule has 1 unspecified atom stereocenters. The molecule has 3 aromatic heterocycles. The van der Waals surface area contributed by atoms with Gasteiger partial charge in [0.25, 0.3) is 5.91 Å². The van der Waals surface area contributed by atoms with E-state index in [1.165, 1.54) is 0 Å². The zero-order chi connectivity index (χ0) is 38.3. The Kier molecular flexibility index (Phi) is 9.70. The highest BCUT2D eigenvalue weighted by Gasteiger charge is 2.39. The number of carbonyl (C=O) groups excluding carboxylic acids is 3. The number of fused-ring (bicyclic) bond motifs is 2. The van der Waals surface area contributed by atoms with Crippen LogP contribution in [-0.2, 0) is 26.2 Å². The summed E-state index contributed by atoms with van der Waals surface area (Å²) in [5, 5.41) is 17.0. The van der Waals surface area contributed by atoms with Gasteiger partial charge in [0.05, 0.1) is 17.7 Å². The van der Waals surface area contributed by atoms with E-state index in [0.29, 0.717) is 60.3 Å². The molecule has 0 radical (unpaired) electrons. The first-order valence-corrected chi connectivity index (χ1v) is 19.7. The maximum Gasteiger partial charge on any atom is 0.255 e. The quantitative estimate of drug-likeness (QED) is 0.136. The first-order valence-electron chi connectivity index (χ1n) is 18.2. The monoisotopic (exact) mass is 767 g/mol. The molecule has 4 N–H and O–H groups in total. The number of imide groups is 1. The van der Waals surface area contributed by atoms with Gasteiger partial charge in [0, 0.05) is 92.7 Å². The molecule has 3 aliphatic heterocycles. The highest BCUT2D eigenvalue weighted by molar-refractivity contribution is 7.89. The molecule has 5 aromatic rings. The molecule has 286 valence electrons. The second kappa shape index (κ2) is 14.8. The Hall–Kier alpha value is -5.85. The van der Waals surface area contributed by atoms with Gasteiger partial charge in [-0.3, -0.25) is 29.7 Å². The topological polar surface area (TPSA) is 199 Å². The first kappa shape index (κ1) is 36.1. The number of pyridine rings is 1. The molecule has 0 saturated carbocycles. The number of sulfonamides is 1. The maximum absolute atomic E-state index is 13.3. The number of aromatic amines is 1. The predicted octanol–water partition coefficient (Wildman–Crippen LogP) is 2.43. The number of anilines is 3. The highest BCUT2D eigenvalue weighted by Crippen LogP contribution is 2.34. The second-order valence-corrected chi connectivity index (χ2v) is 15.5. The maximum atomic E-state index is 13.3. The van der Waals surface area contributed by atoms with Crippen LogP contribution in [0.1, 0.15) is 41.3 Å². The largest absolute Gasteiger partial charge is 0.489 e. The summed E-state index contributed by atoms with van der Waals surface area (Å²) in [6.07, 6.45) is 5.84. The lowest BCUT2D eigenvalue weighted by Crippen LogP contribution is -2.52. The third-order valence-corrected chi connectivity index (χ3v) is 11.7. The number of nitrogens with one attached hydrogen (secondary N) is 4. The number of ether oxygens (including phenoxy) is 1. The Labute approximate surface area is 317 Å². The van der Waals surface area contributed by atoms with Gasteiger partial charge in [-0.15, -0.1) is 5.10 Å². The van der Waals surface area contributed by atoms with E-state index in [4.69, 9.17) is 4.74 Å². The number of aromatic nitrogens is 5. The predicted molar refractivity (Wildman–Crippen MR) is 203 cm³/mol. The van der Waals surface area contributed by atoms with Crippen molar-refractivity contribution in [2.24, 2.45) is 0 Å². The average molecular weight is 768 g/mol. The number of benzene rings is 2. The Morgan fingerprint density at radius 2 is 1.85 bits per heavy atom. The summed E-state index contributed by atoms with van der Waals surface area (Å²) in [6.45, 7) is 8.28. The van der Waals surface area contributed by atoms with Crippen LogP contribution in [0.25, 0.3) is 16.8 Å². The minimum atomic E-state index is -3.76. The number of hydrogen-bond acceptors (Lipinski definition) is 12. The third kappa shape index (κ3) is 7.22. The van der Waals surface area contributed by atoms with Gasteiger partial charge in [0.2, 0.25) is 27.8 Å². The molecule has 3 aliphatic rings. The summed E-state index contributed by atoms with van der Waals surface area (Å²) in [5.41, 5.74) is 6.06. The van der Waals surface area contributed by atoms with E-state index in [0.717, 1.165) is 48.6 Å². The Morgan fingerprint density at radius 1 is 1.02 bits per heavy atom. The van der Waals surface area contributed by atoms with E-state index < -0.39 is 22.0 Å². The molecule has 55 heavy (non-hydrogen) atoms. The Balaban J connectivity index is 0.840. The Morgan fingerprint density at radius 3 is 2.60 bits per heavy atom.